The van der Waals surface area contributed by atoms with Gasteiger partial charge in [0.15, 0.2) is 0 Å². The summed E-state index contributed by atoms with van der Waals surface area (Å²) in [6.45, 7) is 1.82. The first-order valence-electron chi connectivity index (χ1n) is 7.22. The van der Waals surface area contributed by atoms with Crippen LogP contribution in [0.4, 0.5) is 0 Å². The Hall–Kier alpha value is -1.73. The summed E-state index contributed by atoms with van der Waals surface area (Å²) in [5.74, 6) is 0. The first-order chi connectivity index (χ1) is 11.5. The number of thiazole rings is 1. The van der Waals surface area contributed by atoms with Crippen LogP contribution >= 0.6 is 22.9 Å². The highest BCUT2D eigenvalue weighted by Gasteiger charge is 2.18. The second-order valence-corrected chi connectivity index (χ2v) is 8.20. The van der Waals surface area contributed by atoms with Crippen molar-refractivity contribution < 1.29 is 8.42 Å². The average molecular weight is 379 g/mol. The zero-order valence-electron chi connectivity index (χ0n) is 12.9. The molecule has 0 amide bonds. The van der Waals surface area contributed by atoms with Gasteiger partial charge in [0.2, 0.25) is 10.0 Å². The lowest BCUT2D eigenvalue weighted by Crippen LogP contribution is -2.24. The molecule has 0 radical (unpaired) electrons. The van der Waals surface area contributed by atoms with Crippen LogP contribution in [0, 0.1) is 6.92 Å². The highest BCUT2D eigenvalue weighted by atomic mass is 35.5. The minimum Gasteiger partial charge on any atom is -0.240 e. The summed E-state index contributed by atoms with van der Waals surface area (Å²) in [5.41, 5.74) is 2.24. The lowest BCUT2D eigenvalue weighted by Gasteiger charge is -2.09. The van der Waals surface area contributed by atoms with Crippen LogP contribution in [0.2, 0.25) is 5.02 Å². The molecule has 3 aromatic rings. The Labute approximate surface area is 150 Å². The van der Waals surface area contributed by atoms with Crippen molar-refractivity contribution in [2.24, 2.45) is 0 Å². The molecule has 0 atom stereocenters. The van der Waals surface area contributed by atoms with Crippen LogP contribution in [0.1, 0.15) is 11.3 Å². The number of halogens is 1. The van der Waals surface area contributed by atoms with E-state index in [9.17, 15) is 8.42 Å². The minimum atomic E-state index is -3.64. The van der Waals surface area contributed by atoms with E-state index in [0.717, 1.165) is 10.6 Å². The second kappa shape index (κ2) is 7.03. The first kappa shape index (κ1) is 17.1. The Morgan fingerprint density at radius 3 is 2.62 bits per heavy atom. The second-order valence-electron chi connectivity index (χ2n) is 5.20. The van der Waals surface area contributed by atoms with Crippen molar-refractivity contribution in [1.82, 2.24) is 9.71 Å². The lowest BCUT2D eigenvalue weighted by molar-refractivity contribution is 0.580. The molecule has 0 spiro atoms. The number of rotatable bonds is 5. The highest BCUT2D eigenvalue weighted by molar-refractivity contribution is 7.89. The van der Waals surface area contributed by atoms with Gasteiger partial charge >= 0.3 is 0 Å². The smallest absolute Gasteiger partial charge is 0.240 e. The molecule has 0 unspecified atom stereocenters. The molecule has 0 saturated heterocycles. The molecular formula is C17H15ClN2O2S2. The van der Waals surface area contributed by atoms with Crippen LogP contribution < -0.4 is 4.72 Å². The molecule has 1 aromatic heterocycles. The predicted molar refractivity (Wildman–Crippen MR) is 97.8 cm³/mol. The molecule has 0 fully saturated rings. The fraction of sp³-hybridized carbons (Fsp3) is 0.118. The van der Waals surface area contributed by atoms with Crippen LogP contribution in [0.15, 0.2) is 58.8 Å². The Morgan fingerprint density at radius 2 is 1.88 bits per heavy atom. The van der Waals surface area contributed by atoms with Crippen LogP contribution in [-0.4, -0.2) is 13.4 Å². The van der Waals surface area contributed by atoms with E-state index in [1.807, 2.05) is 35.7 Å². The molecule has 0 aliphatic rings. The number of nitrogens with one attached hydrogen (secondary N) is 1. The van der Waals surface area contributed by atoms with Gasteiger partial charge in [-0.05, 0) is 24.6 Å². The summed E-state index contributed by atoms with van der Waals surface area (Å²) in [5, 5.41) is 3.15. The van der Waals surface area contributed by atoms with Gasteiger partial charge in [0, 0.05) is 16.0 Å². The lowest BCUT2D eigenvalue weighted by atomic mass is 10.2. The Morgan fingerprint density at radius 1 is 1.12 bits per heavy atom. The normalized spacial score (nSPS) is 11.6. The van der Waals surface area contributed by atoms with Crippen molar-refractivity contribution in [3.63, 3.8) is 0 Å². The number of sulfonamides is 1. The number of nitrogens with zero attached hydrogens (tertiary/aromatic N) is 1. The standard InChI is InChI=1S/C17H15ClN2O2S2/c1-12-15(18)8-5-9-16(12)24(21,22)19-10-14-11-23-17(20-14)13-6-3-2-4-7-13/h2-9,11,19H,10H2,1H3. The summed E-state index contributed by atoms with van der Waals surface area (Å²) in [6, 6.07) is 14.6. The molecule has 7 heteroatoms. The highest BCUT2D eigenvalue weighted by Crippen LogP contribution is 2.25. The zero-order chi connectivity index (χ0) is 17.2. The molecule has 0 aliphatic carbocycles. The third-order valence-electron chi connectivity index (χ3n) is 3.52. The number of hydrogen-bond donors (Lipinski definition) is 1. The van der Waals surface area contributed by atoms with Gasteiger partial charge in [-0.2, -0.15) is 0 Å². The molecule has 24 heavy (non-hydrogen) atoms. The molecule has 3 rings (SSSR count). The summed E-state index contributed by atoms with van der Waals surface area (Å²) in [7, 11) is -3.64. The zero-order valence-corrected chi connectivity index (χ0v) is 15.3. The van der Waals surface area contributed by atoms with Crippen LogP contribution in [0.25, 0.3) is 10.6 Å². The maximum Gasteiger partial charge on any atom is 0.241 e. The van der Waals surface area contributed by atoms with Gasteiger partial charge in [0.1, 0.15) is 5.01 Å². The molecule has 1 N–H and O–H groups in total. The Balaban J connectivity index is 1.76. The molecule has 0 bridgehead atoms. The van der Waals surface area contributed by atoms with Gasteiger partial charge in [0.25, 0.3) is 0 Å². The van der Waals surface area contributed by atoms with Gasteiger partial charge in [-0.25, -0.2) is 18.1 Å². The van der Waals surface area contributed by atoms with E-state index >= 15 is 0 Å². The van der Waals surface area contributed by atoms with E-state index < -0.39 is 10.0 Å². The Kier molecular flexibility index (Phi) is 5.01. The van der Waals surface area contributed by atoms with E-state index in [1.54, 1.807) is 25.1 Å². The van der Waals surface area contributed by atoms with E-state index in [4.69, 9.17) is 11.6 Å². The molecule has 4 nitrogen and oxygen atoms in total. The maximum atomic E-state index is 12.5. The average Bonchev–Trinajstić information content (AvgIpc) is 3.05. The van der Waals surface area contributed by atoms with Crippen molar-refractivity contribution in [2.45, 2.75) is 18.4 Å². The first-order valence-corrected chi connectivity index (χ1v) is 9.96. The number of hydrogen-bond acceptors (Lipinski definition) is 4. The summed E-state index contributed by atoms with van der Waals surface area (Å²) in [4.78, 5) is 4.67. The van der Waals surface area contributed by atoms with Crippen molar-refractivity contribution in [3.05, 3.63) is 70.2 Å². The fourth-order valence-corrected chi connectivity index (χ4v) is 4.55. The van der Waals surface area contributed by atoms with Crippen molar-refractivity contribution >= 4 is 33.0 Å². The third kappa shape index (κ3) is 3.67. The van der Waals surface area contributed by atoms with Gasteiger partial charge in [-0.15, -0.1) is 11.3 Å². The quantitative estimate of drug-likeness (QED) is 0.722. The van der Waals surface area contributed by atoms with Gasteiger partial charge < -0.3 is 0 Å². The fourth-order valence-electron chi connectivity index (χ4n) is 2.23. The summed E-state index contributed by atoms with van der Waals surface area (Å²) < 4.78 is 27.5. The summed E-state index contributed by atoms with van der Waals surface area (Å²) >= 11 is 7.49. The van der Waals surface area contributed by atoms with Gasteiger partial charge in [-0.3, -0.25) is 0 Å². The largest absolute Gasteiger partial charge is 0.241 e. The molecule has 0 saturated carbocycles. The number of aromatic nitrogens is 1. The maximum absolute atomic E-state index is 12.5. The van der Waals surface area contributed by atoms with E-state index in [-0.39, 0.29) is 11.4 Å². The van der Waals surface area contributed by atoms with Gasteiger partial charge in [-0.1, -0.05) is 48.0 Å². The van der Waals surface area contributed by atoms with Crippen LogP contribution in [0.3, 0.4) is 0 Å². The minimum absolute atomic E-state index is 0.137. The van der Waals surface area contributed by atoms with Crippen molar-refractivity contribution in [2.75, 3.05) is 0 Å². The molecule has 0 aliphatic heterocycles. The van der Waals surface area contributed by atoms with E-state index in [0.29, 0.717) is 16.3 Å². The van der Waals surface area contributed by atoms with Crippen LogP contribution in [-0.2, 0) is 16.6 Å². The molecule has 1 heterocycles. The van der Waals surface area contributed by atoms with Crippen molar-refractivity contribution in [3.8, 4) is 10.6 Å². The Bertz CT molecular complexity index is 954. The van der Waals surface area contributed by atoms with Crippen molar-refractivity contribution in [1.29, 1.82) is 0 Å². The topological polar surface area (TPSA) is 59.1 Å². The van der Waals surface area contributed by atoms with Crippen LogP contribution in [0.5, 0.6) is 0 Å². The monoisotopic (exact) mass is 378 g/mol. The van der Waals surface area contributed by atoms with E-state index in [1.165, 1.54) is 11.3 Å². The SMILES string of the molecule is Cc1c(Cl)cccc1S(=O)(=O)NCc1csc(-c2ccccc2)n1. The molecular weight excluding hydrogens is 364 g/mol. The molecule has 124 valence electrons. The molecule has 2 aromatic carbocycles. The predicted octanol–water partition coefficient (Wildman–Crippen LogP) is 4.25. The van der Waals surface area contributed by atoms with Gasteiger partial charge in [0.05, 0.1) is 17.1 Å². The number of benzene rings is 2. The van der Waals surface area contributed by atoms with E-state index in [2.05, 4.69) is 9.71 Å². The summed E-state index contributed by atoms with van der Waals surface area (Å²) in [6.07, 6.45) is 0. The third-order valence-corrected chi connectivity index (χ3v) is 6.42.